The van der Waals surface area contributed by atoms with Gasteiger partial charge in [-0.2, -0.15) is 0 Å². The van der Waals surface area contributed by atoms with Gasteiger partial charge in [0.05, 0.1) is 0 Å². The van der Waals surface area contributed by atoms with Crippen LogP contribution < -0.4 is 21.3 Å². The Morgan fingerprint density at radius 2 is 0.558 bits per heavy atom. The van der Waals surface area contributed by atoms with Crippen molar-refractivity contribution in [3.8, 4) is 0 Å². The molecule has 5 aliphatic rings. The summed E-state index contributed by atoms with van der Waals surface area (Å²) in [5, 5.41) is 19.9. The quantitative estimate of drug-likeness (QED) is 0.156. The monoisotopic (exact) mass is 768 g/mol. The van der Waals surface area contributed by atoms with E-state index in [1.165, 1.54) is 22.3 Å². The molecule has 5 heterocycles. The van der Waals surface area contributed by atoms with Crippen LogP contribution in [0.3, 0.4) is 0 Å². The zero-order valence-corrected chi connectivity index (χ0v) is 31.8. The lowest BCUT2D eigenvalue weighted by Crippen LogP contribution is -2.52. The Labute approximate surface area is 327 Å². The minimum Gasteiger partial charge on any atom is -0.310 e. The smallest absolute Gasteiger partial charge is 0.0442 e. The van der Waals surface area contributed by atoms with Crippen LogP contribution in [0, 0.1) is 0 Å². The second-order valence-electron chi connectivity index (χ2n) is 15.3. The summed E-state index contributed by atoms with van der Waals surface area (Å²) in [7, 11) is 0. The number of rotatable bonds is 4. The lowest BCUT2D eigenvalue weighted by atomic mass is 9.83. The van der Waals surface area contributed by atoms with Gasteiger partial charge in [-0.05, 0) is 72.2 Å². The van der Waals surface area contributed by atoms with Crippen LogP contribution in [-0.2, 0) is 0 Å². The Kier molecular flexibility index (Phi) is 10.0. The Balaban J connectivity index is 1.17. The third kappa shape index (κ3) is 6.48. The van der Waals surface area contributed by atoms with Crippen LogP contribution in [0.15, 0.2) is 121 Å². The summed E-state index contributed by atoms with van der Waals surface area (Å²) < 4.78 is 0. The van der Waals surface area contributed by atoms with Crippen LogP contribution in [-0.4, -0.2) is 48.3 Å². The molecule has 0 radical (unpaired) electrons. The lowest BCUT2D eigenvalue weighted by Gasteiger charge is -2.38. The van der Waals surface area contributed by atoms with Gasteiger partial charge in [-0.3, -0.25) is 0 Å². The minimum absolute atomic E-state index is 0.0831. The Hall–Kier alpha value is -2.64. The second-order valence-corrected chi connectivity index (χ2v) is 16.9. The molecule has 0 aliphatic carbocycles. The fraction of sp³-hybridized carbons (Fsp3) is 0.364. The predicted octanol–water partition coefficient (Wildman–Crippen LogP) is 9.78. The van der Waals surface area contributed by atoms with Gasteiger partial charge in [-0.15, -0.1) is 0 Å². The summed E-state index contributed by atoms with van der Waals surface area (Å²) in [5.41, 5.74) is 4.71. The molecule has 4 aromatic rings. The standard InChI is InChI=1S/C44H44Cl4N4/c45-29-13-5-1-9-25(29)41-33-17-19-35(49-33)42(26-10-2-6-14-30(26)46)37-21-23-39(51-37)44(28-12-4-8-16-32(28)48)40-24-22-38(52-40)43(36-20-18-34(41)50-36)27-11-3-7-15-31(27)47/h1-17,19,22,24,33-44,49-52H,18,20-21,23H2. The zero-order valence-electron chi connectivity index (χ0n) is 28.8. The van der Waals surface area contributed by atoms with E-state index in [9.17, 15) is 0 Å². The van der Waals surface area contributed by atoms with E-state index < -0.39 is 0 Å². The molecule has 8 heteroatoms. The first kappa shape index (κ1) is 35.1. The summed E-state index contributed by atoms with van der Waals surface area (Å²) in [4.78, 5) is 0. The third-order valence-electron chi connectivity index (χ3n) is 12.6. The number of halogens is 4. The SMILES string of the molecule is Clc1ccccc1C1C2C=CC(N2)C(c2ccccc2Cl)C2CCC(N2)C(c2ccccc2Cl)C2C=CC(N2)C(c2ccccc2Cl)C2CCC1N2. The van der Waals surface area contributed by atoms with Crippen LogP contribution in [0.2, 0.25) is 20.1 Å². The highest BCUT2D eigenvalue weighted by Gasteiger charge is 2.48. The van der Waals surface area contributed by atoms with E-state index in [0.29, 0.717) is 0 Å². The van der Waals surface area contributed by atoms with Crippen LogP contribution in [0.25, 0.3) is 0 Å². The first-order valence-corrected chi connectivity index (χ1v) is 20.3. The molecule has 268 valence electrons. The van der Waals surface area contributed by atoms with Gasteiger partial charge in [-0.1, -0.05) is 144 Å². The van der Waals surface area contributed by atoms with Crippen molar-refractivity contribution < 1.29 is 0 Å². The maximum absolute atomic E-state index is 7.06. The number of benzene rings is 4. The van der Waals surface area contributed by atoms with Gasteiger partial charge in [0, 0.05) is 92.1 Å². The molecule has 52 heavy (non-hydrogen) atoms. The first-order valence-electron chi connectivity index (χ1n) is 18.8. The van der Waals surface area contributed by atoms with Gasteiger partial charge >= 0.3 is 0 Å². The molecule has 4 aromatic carbocycles. The number of fused-ring (bicyclic) bond motifs is 8. The number of hydrogen-bond acceptors (Lipinski definition) is 4. The summed E-state index contributed by atoms with van der Waals surface area (Å²) in [6, 6.07) is 34.7. The lowest BCUT2D eigenvalue weighted by molar-refractivity contribution is 0.317. The summed E-state index contributed by atoms with van der Waals surface area (Å²) >= 11 is 28.2. The van der Waals surface area contributed by atoms with Crippen molar-refractivity contribution in [2.24, 2.45) is 0 Å². The molecule has 4 nitrogen and oxygen atoms in total. The van der Waals surface area contributed by atoms with E-state index in [0.717, 1.165) is 45.8 Å². The van der Waals surface area contributed by atoms with E-state index in [2.05, 4.69) is 94.1 Å². The molecule has 0 aromatic heterocycles. The largest absolute Gasteiger partial charge is 0.310 e. The minimum atomic E-state index is 0.0831. The fourth-order valence-corrected chi connectivity index (χ4v) is 11.4. The topological polar surface area (TPSA) is 48.1 Å². The first-order chi connectivity index (χ1) is 25.4. The molecule has 9 rings (SSSR count). The normalized spacial score (nSPS) is 35.3. The highest BCUT2D eigenvalue weighted by Crippen LogP contribution is 2.46. The predicted molar refractivity (Wildman–Crippen MR) is 216 cm³/mol. The second kappa shape index (κ2) is 14.9. The van der Waals surface area contributed by atoms with E-state index in [4.69, 9.17) is 46.4 Å². The van der Waals surface area contributed by atoms with Crippen molar-refractivity contribution in [2.45, 2.75) is 97.7 Å². The van der Waals surface area contributed by atoms with E-state index in [1.807, 2.05) is 48.5 Å². The number of hydrogen-bond donors (Lipinski definition) is 4. The van der Waals surface area contributed by atoms with Gasteiger partial charge < -0.3 is 21.3 Å². The zero-order chi connectivity index (χ0) is 35.3. The molecule has 5 aliphatic heterocycles. The molecule has 8 bridgehead atoms. The van der Waals surface area contributed by atoms with Crippen molar-refractivity contribution in [3.63, 3.8) is 0 Å². The summed E-state index contributed by atoms with van der Waals surface area (Å²) in [6.45, 7) is 0. The average molecular weight is 771 g/mol. The van der Waals surface area contributed by atoms with Crippen LogP contribution in [0.4, 0.5) is 0 Å². The third-order valence-corrected chi connectivity index (χ3v) is 14.0. The molecule has 3 fully saturated rings. The van der Waals surface area contributed by atoms with E-state index >= 15 is 0 Å². The molecule has 0 amide bonds. The van der Waals surface area contributed by atoms with Gasteiger partial charge in [0.25, 0.3) is 0 Å². The molecule has 12 atom stereocenters. The Morgan fingerprint density at radius 3 is 0.788 bits per heavy atom. The molecule has 12 unspecified atom stereocenters. The molecule has 0 saturated carbocycles. The van der Waals surface area contributed by atoms with E-state index in [-0.39, 0.29) is 72.0 Å². The fourth-order valence-electron chi connectivity index (χ4n) is 10.4. The molecular weight excluding hydrogens is 726 g/mol. The Bertz CT molecular complexity index is 1710. The maximum atomic E-state index is 7.06. The average Bonchev–Trinajstić information content (AvgIpc) is 3.99. The summed E-state index contributed by atoms with van der Waals surface area (Å²) in [6.07, 6.45) is 13.7. The summed E-state index contributed by atoms with van der Waals surface area (Å²) in [5.74, 6) is 0.501. The molecular formula is C44H44Cl4N4. The molecule has 4 N–H and O–H groups in total. The molecule has 0 spiro atoms. The highest BCUT2D eigenvalue weighted by atomic mass is 35.5. The van der Waals surface area contributed by atoms with Gasteiger partial charge in [0.15, 0.2) is 0 Å². The van der Waals surface area contributed by atoms with Crippen LogP contribution in [0.5, 0.6) is 0 Å². The maximum Gasteiger partial charge on any atom is 0.0442 e. The van der Waals surface area contributed by atoms with Gasteiger partial charge in [0.1, 0.15) is 0 Å². The van der Waals surface area contributed by atoms with Crippen molar-refractivity contribution in [1.29, 1.82) is 0 Å². The van der Waals surface area contributed by atoms with Crippen LogP contribution >= 0.6 is 46.4 Å². The van der Waals surface area contributed by atoms with Crippen molar-refractivity contribution in [3.05, 3.63) is 164 Å². The van der Waals surface area contributed by atoms with Crippen molar-refractivity contribution in [1.82, 2.24) is 21.3 Å². The molecule has 3 saturated heterocycles. The highest BCUT2D eigenvalue weighted by molar-refractivity contribution is 6.32. The van der Waals surface area contributed by atoms with E-state index in [1.54, 1.807) is 0 Å². The van der Waals surface area contributed by atoms with Gasteiger partial charge in [0.2, 0.25) is 0 Å². The Morgan fingerprint density at radius 1 is 0.327 bits per heavy atom. The van der Waals surface area contributed by atoms with Gasteiger partial charge in [-0.25, -0.2) is 0 Å². The number of nitrogens with one attached hydrogen (secondary N) is 4. The van der Waals surface area contributed by atoms with Crippen molar-refractivity contribution >= 4 is 46.4 Å². The van der Waals surface area contributed by atoms with Crippen molar-refractivity contribution in [2.75, 3.05) is 0 Å². The van der Waals surface area contributed by atoms with Crippen LogP contribution in [0.1, 0.15) is 71.6 Å².